The predicted molar refractivity (Wildman–Crippen MR) is 85.3 cm³/mol. The molecule has 0 aromatic heterocycles. The summed E-state index contributed by atoms with van der Waals surface area (Å²) in [5.41, 5.74) is -0.470. The smallest absolute Gasteiger partial charge is 0.326 e. The third-order valence-corrected chi connectivity index (χ3v) is 5.64. The highest BCUT2D eigenvalue weighted by Gasteiger charge is 2.44. The molecule has 1 aliphatic heterocycles. The molecule has 1 N–H and O–H groups in total. The Kier molecular flexibility index (Phi) is 6.06. The van der Waals surface area contributed by atoms with Crippen LogP contribution in [-0.4, -0.2) is 49.2 Å². The lowest BCUT2D eigenvalue weighted by molar-refractivity contribution is -0.151. The van der Waals surface area contributed by atoms with Crippen molar-refractivity contribution in [3.63, 3.8) is 0 Å². The molecule has 1 aliphatic carbocycles. The first kappa shape index (κ1) is 16.8. The number of carbonyl (C=O) groups is 1. The molecule has 2 aliphatic rings. The molecule has 2 fully saturated rings. The number of likely N-dealkylation sites (tertiary alicyclic amines) is 1. The third-order valence-electron chi connectivity index (χ3n) is 5.64. The number of nitrogens with one attached hydrogen (secondary N) is 1. The quantitative estimate of drug-likeness (QED) is 0.810. The van der Waals surface area contributed by atoms with Gasteiger partial charge in [0, 0.05) is 12.1 Å². The number of hydrogen-bond donors (Lipinski definition) is 1. The van der Waals surface area contributed by atoms with Gasteiger partial charge in [-0.3, -0.25) is 9.69 Å². The molecule has 3 atom stereocenters. The fourth-order valence-electron chi connectivity index (χ4n) is 4.36. The van der Waals surface area contributed by atoms with Gasteiger partial charge in [0.25, 0.3) is 0 Å². The van der Waals surface area contributed by atoms with E-state index in [1.54, 1.807) is 0 Å². The maximum atomic E-state index is 12.3. The Hall–Kier alpha value is -0.610. The molecule has 0 spiro atoms. The Labute approximate surface area is 129 Å². The Morgan fingerprint density at radius 2 is 2.10 bits per heavy atom. The topological polar surface area (TPSA) is 41.6 Å². The molecule has 4 nitrogen and oxygen atoms in total. The van der Waals surface area contributed by atoms with Gasteiger partial charge in [-0.05, 0) is 58.5 Å². The van der Waals surface area contributed by atoms with E-state index >= 15 is 0 Å². The zero-order valence-corrected chi connectivity index (χ0v) is 14.0. The van der Waals surface area contributed by atoms with Crippen LogP contribution in [0.2, 0.25) is 0 Å². The second-order valence-electron chi connectivity index (χ2n) is 6.72. The van der Waals surface area contributed by atoms with Gasteiger partial charge < -0.3 is 10.1 Å². The summed E-state index contributed by atoms with van der Waals surface area (Å²) in [5.74, 6) is -0.0856. The van der Waals surface area contributed by atoms with E-state index in [-0.39, 0.29) is 5.97 Å². The van der Waals surface area contributed by atoms with Crippen molar-refractivity contribution in [3.05, 3.63) is 0 Å². The molecule has 1 saturated carbocycles. The van der Waals surface area contributed by atoms with Crippen molar-refractivity contribution >= 4 is 5.97 Å². The SMILES string of the molecule is CCC1CCCCCN1C1CCCC(NC)(C(=O)OC)C1. The maximum absolute atomic E-state index is 12.3. The number of esters is 1. The van der Waals surface area contributed by atoms with E-state index in [0.717, 1.165) is 19.3 Å². The molecule has 21 heavy (non-hydrogen) atoms. The first-order valence-corrected chi connectivity index (χ1v) is 8.70. The summed E-state index contributed by atoms with van der Waals surface area (Å²) in [6, 6.07) is 1.22. The van der Waals surface area contributed by atoms with E-state index in [1.807, 2.05) is 7.05 Å². The maximum Gasteiger partial charge on any atom is 0.326 e. The van der Waals surface area contributed by atoms with E-state index in [0.29, 0.717) is 12.1 Å². The summed E-state index contributed by atoms with van der Waals surface area (Å²) >= 11 is 0. The Morgan fingerprint density at radius 1 is 1.29 bits per heavy atom. The van der Waals surface area contributed by atoms with Crippen LogP contribution in [0.5, 0.6) is 0 Å². The highest BCUT2D eigenvalue weighted by atomic mass is 16.5. The molecule has 1 heterocycles. The van der Waals surface area contributed by atoms with Crippen molar-refractivity contribution < 1.29 is 9.53 Å². The molecule has 1 saturated heterocycles. The Morgan fingerprint density at radius 3 is 2.76 bits per heavy atom. The zero-order chi connectivity index (χ0) is 15.3. The molecule has 0 amide bonds. The number of hydrogen-bond acceptors (Lipinski definition) is 4. The van der Waals surface area contributed by atoms with Crippen LogP contribution in [0.15, 0.2) is 0 Å². The largest absolute Gasteiger partial charge is 0.468 e. The molecule has 4 heteroatoms. The lowest BCUT2D eigenvalue weighted by atomic mass is 9.78. The van der Waals surface area contributed by atoms with Gasteiger partial charge in [-0.1, -0.05) is 19.8 Å². The number of carbonyl (C=O) groups excluding carboxylic acids is 1. The molecule has 0 aromatic rings. The van der Waals surface area contributed by atoms with Gasteiger partial charge in [-0.15, -0.1) is 0 Å². The van der Waals surface area contributed by atoms with Crippen LogP contribution in [0.1, 0.15) is 64.7 Å². The van der Waals surface area contributed by atoms with Gasteiger partial charge in [0.05, 0.1) is 7.11 Å². The van der Waals surface area contributed by atoms with Gasteiger partial charge in [0.1, 0.15) is 5.54 Å². The summed E-state index contributed by atoms with van der Waals surface area (Å²) in [6.07, 6.45) is 10.7. The Bertz CT molecular complexity index is 348. The molecule has 3 unspecified atom stereocenters. The summed E-state index contributed by atoms with van der Waals surface area (Å²) < 4.78 is 5.08. The first-order chi connectivity index (χ1) is 10.2. The van der Waals surface area contributed by atoms with Crippen LogP contribution in [0.25, 0.3) is 0 Å². The monoisotopic (exact) mass is 296 g/mol. The van der Waals surface area contributed by atoms with E-state index in [2.05, 4.69) is 17.1 Å². The van der Waals surface area contributed by atoms with Crippen LogP contribution in [0.4, 0.5) is 0 Å². The third kappa shape index (κ3) is 3.59. The van der Waals surface area contributed by atoms with Crippen molar-refractivity contribution in [2.24, 2.45) is 0 Å². The standard InChI is InChI=1S/C17H32N2O2/c1-4-14-9-6-5-7-12-19(14)15-10-8-11-17(13-15,18-2)16(20)21-3/h14-15,18H,4-13H2,1-3H3. The van der Waals surface area contributed by atoms with Crippen LogP contribution in [0, 0.1) is 0 Å². The molecule has 2 rings (SSSR count). The number of likely N-dealkylation sites (N-methyl/N-ethyl adjacent to an activating group) is 1. The minimum absolute atomic E-state index is 0.0856. The van der Waals surface area contributed by atoms with Crippen molar-refractivity contribution in [2.45, 2.75) is 82.3 Å². The van der Waals surface area contributed by atoms with Crippen molar-refractivity contribution in [1.29, 1.82) is 0 Å². The average Bonchev–Trinajstić information content (AvgIpc) is 2.79. The van der Waals surface area contributed by atoms with Gasteiger partial charge in [0.2, 0.25) is 0 Å². The van der Waals surface area contributed by atoms with E-state index in [9.17, 15) is 4.79 Å². The molecule has 122 valence electrons. The minimum atomic E-state index is -0.470. The normalized spacial score (nSPS) is 35.2. The van der Waals surface area contributed by atoms with Crippen molar-refractivity contribution in [2.75, 3.05) is 20.7 Å². The average molecular weight is 296 g/mol. The lowest BCUT2D eigenvalue weighted by Crippen LogP contribution is -2.58. The highest BCUT2D eigenvalue weighted by Crippen LogP contribution is 2.35. The number of nitrogens with zero attached hydrogens (tertiary/aromatic N) is 1. The van der Waals surface area contributed by atoms with Crippen LogP contribution >= 0.6 is 0 Å². The molecular formula is C17H32N2O2. The summed E-state index contributed by atoms with van der Waals surface area (Å²) in [6.45, 7) is 3.50. The summed E-state index contributed by atoms with van der Waals surface area (Å²) in [4.78, 5) is 15.0. The number of methoxy groups -OCH3 is 1. The fourth-order valence-corrected chi connectivity index (χ4v) is 4.36. The van der Waals surface area contributed by atoms with Crippen LogP contribution in [-0.2, 0) is 9.53 Å². The minimum Gasteiger partial charge on any atom is -0.468 e. The lowest BCUT2D eigenvalue weighted by Gasteiger charge is -2.45. The number of rotatable bonds is 4. The zero-order valence-electron chi connectivity index (χ0n) is 14.0. The van der Waals surface area contributed by atoms with Gasteiger partial charge in [-0.25, -0.2) is 0 Å². The van der Waals surface area contributed by atoms with E-state index in [4.69, 9.17) is 4.74 Å². The number of ether oxygens (including phenoxy) is 1. The van der Waals surface area contributed by atoms with Gasteiger partial charge in [0.15, 0.2) is 0 Å². The Balaban J connectivity index is 2.13. The summed E-state index contributed by atoms with van der Waals surface area (Å²) in [7, 11) is 3.41. The second kappa shape index (κ2) is 7.59. The van der Waals surface area contributed by atoms with Crippen molar-refractivity contribution in [1.82, 2.24) is 10.2 Å². The highest BCUT2D eigenvalue weighted by molar-refractivity contribution is 5.81. The van der Waals surface area contributed by atoms with E-state index < -0.39 is 5.54 Å². The van der Waals surface area contributed by atoms with Crippen LogP contribution in [0.3, 0.4) is 0 Å². The first-order valence-electron chi connectivity index (χ1n) is 8.70. The predicted octanol–water partition coefficient (Wildman–Crippen LogP) is 2.71. The molecule has 0 bridgehead atoms. The van der Waals surface area contributed by atoms with Crippen molar-refractivity contribution in [3.8, 4) is 0 Å². The fraction of sp³-hybridized carbons (Fsp3) is 0.941. The molecule has 0 aromatic carbocycles. The second-order valence-corrected chi connectivity index (χ2v) is 6.72. The molecule has 0 radical (unpaired) electrons. The van der Waals surface area contributed by atoms with Crippen LogP contribution < -0.4 is 5.32 Å². The molecular weight excluding hydrogens is 264 g/mol. The van der Waals surface area contributed by atoms with Gasteiger partial charge in [-0.2, -0.15) is 0 Å². The summed E-state index contributed by atoms with van der Waals surface area (Å²) in [5, 5.41) is 3.28. The van der Waals surface area contributed by atoms with Gasteiger partial charge >= 0.3 is 5.97 Å². The van der Waals surface area contributed by atoms with E-state index in [1.165, 1.54) is 52.2 Å².